The number of nitriles is 1. The maximum atomic E-state index is 10.9. The molecule has 8 heteroatoms. The molecule has 4 rings (SSSR count). The highest BCUT2D eigenvalue weighted by molar-refractivity contribution is 6.32. The SMILES string of the molecule is COc1ccc(CNc2nnc(N3CC(C)(C)C(O)C(C)(C)C3)c3ccc(C#N)cc23)cc1Cl. The molecule has 3 aromatic rings. The topological polar surface area (TPSA) is 94.3 Å². The third-order valence-electron chi connectivity index (χ3n) is 6.54. The summed E-state index contributed by atoms with van der Waals surface area (Å²) < 4.78 is 5.23. The number of hydrogen-bond donors (Lipinski definition) is 2. The van der Waals surface area contributed by atoms with Gasteiger partial charge in [0.05, 0.1) is 29.9 Å². The number of aromatic nitrogens is 2. The minimum Gasteiger partial charge on any atom is -0.495 e. The quantitative estimate of drug-likeness (QED) is 0.531. The average molecular weight is 480 g/mol. The summed E-state index contributed by atoms with van der Waals surface area (Å²) >= 11 is 6.27. The summed E-state index contributed by atoms with van der Waals surface area (Å²) in [4.78, 5) is 2.20. The number of rotatable bonds is 5. The Hall–Kier alpha value is -3.08. The van der Waals surface area contributed by atoms with E-state index in [9.17, 15) is 10.4 Å². The highest BCUT2D eigenvalue weighted by atomic mass is 35.5. The van der Waals surface area contributed by atoms with Gasteiger partial charge in [0.25, 0.3) is 0 Å². The predicted octanol–water partition coefficient (Wildman–Crippen LogP) is 5.01. The molecule has 34 heavy (non-hydrogen) atoms. The van der Waals surface area contributed by atoms with Crippen LogP contribution < -0.4 is 15.0 Å². The summed E-state index contributed by atoms with van der Waals surface area (Å²) in [6.45, 7) is 10.1. The second-order valence-electron chi connectivity index (χ2n) is 10.3. The predicted molar refractivity (Wildman–Crippen MR) is 135 cm³/mol. The van der Waals surface area contributed by atoms with Gasteiger partial charge in [0.15, 0.2) is 11.6 Å². The van der Waals surface area contributed by atoms with Crippen molar-refractivity contribution < 1.29 is 9.84 Å². The number of halogens is 1. The van der Waals surface area contributed by atoms with Crippen molar-refractivity contribution in [3.05, 3.63) is 52.5 Å². The minimum atomic E-state index is -0.432. The summed E-state index contributed by atoms with van der Waals surface area (Å²) in [6.07, 6.45) is -0.432. The molecule has 0 unspecified atom stereocenters. The summed E-state index contributed by atoms with van der Waals surface area (Å²) in [5.74, 6) is 1.97. The number of ether oxygens (including phenoxy) is 1. The Labute approximate surface area is 205 Å². The van der Waals surface area contributed by atoms with Crippen molar-refractivity contribution in [3.8, 4) is 11.8 Å². The highest BCUT2D eigenvalue weighted by Crippen LogP contribution is 2.43. The lowest BCUT2D eigenvalue weighted by atomic mass is 9.68. The first-order valence-corrected chi connectivity index (χ1v) is 11.6. The van der Waals surface area contributed by atoms with Gasteiger partial charge in [0.1, 0.15) is 5.75 Å². The smallest absolute Gasteiger partial charge is 0.159 e. The second kappa shape index (κ2) is 8.94. The molecule has 2 heterocycles. The molecule has 1 aliphatic heterocycles. The molecule has 2 N–H and O–H groups in total. The van der Waals surface area contributed by atoms with Crippen LogP contribution in [0.1, 0.15) is 38.8 Å². The van der Waals surface area contributed by atoms with Crippen LogP contribution in [0.5, 0.6) is 5.75 Å². The number of methoxy groups -OCH3 is 1. The van der Waals surface area contributed by atoms with E-state index in [1.165, 1.54) is 0 Å². The van der Waals surface area contributed by atoms with E-state index in [4.69, 9.17) is 16.3 Å². The standard InChI is InChI=1S/C26H30ClN5O2/c1-25(2)14-32(15-26(3,4)24(25)33)23-18-8-6-16(12-28)10-19(18)22(30-31-23)29-13-17-7-9-21(34-5)20(27)11-17/h6-11,24,33H,13-15H2,1-5H3,(H,29,30). The Morgan fingerprint density at radius 2 is 1.82 bits per heavy atom. The highest BCUT2D eigenvalue weighted by Gasteiger charge is 2.46. The Morgan fingerprint density at radius 1 is 1.12 bits per heavy atom. The van der Waals surface area contributed by atoms with Crippen LogP contribution >= 0.6 is 11.6 Å². The monoisotopic (exact) mass is 479 g/mol. The van der Waals surface area contributed by atoms with E-state index in [1.54, 1.807) is 13.2 Å². The Balaban J connectivity index is 1.71. The average Bonchev–Trinajstić information content (AvgIpc) is 2.80. The zero-order valence-corrected chi connectivity index (χ0v) is 20.9. The van der Waals surface area contributed by atoms with Gasteiger partial charge in [-0.15, -0.1) is 10.2 Å². The molecule has 1 saturated heterocycles. The molecular formula is C26H30ClN5O2. The molecule has 7 nitrogen and oxygen atoms in total. The molecule has 2 aromatic carbocycles. The number of hydrogen-bond acceptors (Lipinski definition) is 7. The largest absolute Gasteiger partial charge is 0.495 e. The van der Waals surface area contributed by atoms with Gasteiger partial charge in [0, 0.05) is 41.2 Å². The third kappa shape index (κ3) is 4.48. The van der Waals surface area contributed by atoms with E-state index < -0.39 is 6.10 Å². The van der Waals surface area contributed by atoms with Crippen LogP contribution in [0.3, 0.4) is 0 Å². The molecule has 0 aliphatic carbocycles. The number of nitrogens with one attached hydrogen (secondary N) is 1. The van der Waals surface area contributed by atoms with E-state index in [2.05, 4.69) is 54.2 Å². The minimum absolute atomic E-state index is 0.313. The van der Waals surface area contributed by atoms with Crippen LogP contribution in [0.15, 0.2) is 36.4 Å². The first kappa shape index (κ1) is 24.1. The third-order valence-corrected chi connectivity index (χ3v) is 6.84. The van der Waals surface area contributed by atoms with E-state index in [0.29, 0.717) is 41.8 Å². The maximum Gasteiger partial charge on any atom is 0.159 e. The molecule has 0 saturated carbocycles. The van der Waals surface area contributed by atoms with Gasteiger partial charge in [0.2, 0.25) is 0 Å². The van der Waals surface area contributed by atoms with Crippen LogP contribution in [0, 0.1) is 22.2 Å². The van der Waals surface area contributed by atoms with E-state index >= 15 is 0 Å². The second-order valence-corrected chi connectivity index (χ2v) is 10.7. The molecule has 0 radical (unpaired) electrons. The molecule has 0 atom stereocenters. The van der Waals surface area contributed by atoms with Gasteiger partial charge < -0.3 is 20.1 Å². The Bertz CT molecular complexity index is 1250. The summed E-state index contributed by atoms with van der Waals surface area (Å²) in [5.41, 5.74) is 0.895. The van der Waals surface area contributed by atoms with Gasteiger partial charge in [-0.05, 0) is 35.9 Å². The number of fused-ring (bicyclic) bond motifs is 1. The first-order valence-electron chi connectivity index (χ1n) is 11.3. The fourth-order valence-corrected chi connectivity index (χ4v) is 5.28. The molecule has 0 spiro atoms. The van der Waals surface area contributed by atoms with Gasteiger partial charge in [-0.1, -0.05) is 45.4 Å². The van der Waals surface area contributed by atoms with Crippen LogP contribution in [-0.2, 0) is 6.54 Å². The van der Waals surface area contributed by atoms with Crippen molar-refractivity contribution in [2.24, 2.45) is 10.8 Å². The lowest BCUT2D eigenvalue weighted by Crippen LogP contribution is -2.58. The molecule has 0 bridgehead atoms. The van der Waals surface area contributed by atoms with Crippen LogP contribution in [0.25, 0.3) is 10.8 Å². The van der Waals surface area contributed by atoms with E-state index in [1.807, 2.05) is 30.3 Å². The van der Waals surface area contributed by atoms with Crippen molar-refractivity contribution in [2.75, 3.05) is 30.4 Å². The Morgan fingerprint density at radius 3 is 2.44 bits per heavy atom. The van der Waals surface area contributed by atoms with Crippen LogP contribution in [0.4, 0.5) is 11.6 Å². The summed E-state index contributed by atoms with van der Waals surface area (Å²) in [7, 11) is 1.58. The molecule has 1 fully saturated rings. The zero-order chi connectivity index (χ0) is 24.7. The van der Waals surface area contributed by atoms with Crippen molar-refractivity contribution in [1.82, 2.24) is 10.2 Å². The zero-order valence-electron chi connectivity index (χ0n) is 20.2. The van der Waals surface area contributed by atoms with Crippen molar-refractivity contribution in [3.63, 3.8) is 0 Å². The fourth-order valence-electron chi connectivity index (χ4n) is 5.00. The van der Waals surface area contributed by atoms with Gasteiger partial charge in [-0.2, -0.15) is 5.26 Å². The number of benzene rings is 2. The fraction of sp³-hybridized carbons (Fsp3) is 0.423. The molecule has 1 aliphatic rings. The van der Waals surface area contributed by atoms with Gasteiger partial charge in [-0.25, -0.2) is 0 Å². The molecule has 178 valence electrons. The summed E-state index contributed by atoms with van der Waals surface area (Å²) in [6, 6.07) is 13.4. The van der Waals surface area contributed by atoms with E-state index in [0.717, 1.165) is 22.2 Å². The van der Waals surface area contributed by atoms with Crippen molar-refractivity contribution >= 4 is 34.0 Å². The first-order chi connectivity index (χ1) is 16.1. The van der Waals surface area contributed by atoms with Crippen LogP contribution in [0.2, 0.25) is 5.02 Å². The molecule has 1 aromatic heterocycles. The Kier molecular flexibility index (Phi) is 6.32. The number of nitrogens with zero attached hydrogens (tertiary/aromatic N) is 4. The van der Waals surface area contributed by atoms with E-state index in [-0.39, 0.29) is 10.8 Å². The molecule has 0 amide bonds. The summed E-state index contributed by atoms with van der Waals surface area (Å²) in [5, 5.41) is 35.1. The lowest BCUT2D eigenvalue weighted by molar-refractivity contribution is -0.0533. The van der Waals surface area contributed by atoms with Gasteiger partial charge in [-0.3, -0.25) is 0 Å². The van der Waals surface area contributed by atoms with Crippen LogP contribution in [-0.4, -0.2) is 41.6 Å². The van der Waals surface area contributed by atoms with Crippen molar-refractivity contribution in [1.29, 1.82) is 5.26 Å². The number of aliphatic hydroxyl groups is 1. The van der Waals surface area contributed by atoms with Gasteiger partial charge >= 0.3 is 0 Å². The lowest BCUT2D eigenvalue weighted by Gasteiger charge is -2.51. The molecular weight excluding hydrogens is 450 g/mol. The normalized spacial score (nSPS) is 17.4. The number of aliphatic hydroxyl groups excluding tert-OH is 1. The number of piperidine rings is 1. The number of anilines is 2. The maximum absolute atomic E-state index is 10.9. The van der Waals surface area contributed by atoms with Crippen molar-refractivity contribution in [2.45, 2.75) is 40.3 Å².